The van der Waals surface area contributed by atoms with Gasteiger partial charge in [-0.15, -0.1) is 0 Å². The van der Waals surface area contributed by atoms with E-state index in [0.29, 0.717) is 18.7 Å². The van der Waals surface area contributed by atoms with Crippen LogP contribution in [0.1, 0.15) is 30.4 Å². The summed E-state index contributed by atoms with van der Waals surface area (Å²) >= 11 is 0. The summed E-state index contributed by atoms with van der Waals surface area (Å²) in [6.45, 7) is 5.14. The first-order valence-electron chi connectivity index (χ1n) is 8.93. The number of ether oxygens (including phenoxy) is 1. The maximum atomic E-state index is 12.1. The molecule has 0 saturated carbocycles. The van der Waals surface area contributed by atoms with Crippen LogP contribution in [-0.4, -0.2) is 25.0 Å². The largest absolute Gasteiger partial charge is 0.493 e. The van der Waals surface area contributed by atoms with Gasteiger partial charge in [0.05, 0.1) is 13.0 Å². The van der Waals surface area contributed by atoms with Crippen molar-refractivity contribution in [1.29, 1.82) is 0 Å². The fraction of sp³-hybridized carbons (Fsp3) is 0.333. The Morgan fingerprint density at radius 1 is 1.15 bits per heavy atom. The predicted molar refractivity (Wildman–Crippen MR) is 103 cm³/mol. The van der Waals surface area contributed by atoms with Crippen molar-refractivity contribution in [3.63, 3.8) is 0 Å². The SMILES string of the molecule is Cc1ccc(OCCC(=O)Nc2cccc(N3CCCC3=O)c2)cc1C. The summed E-state index contributed by atoms with van der Waals surface area (Å²) in [5, 5.41) is 2.87. The summed E-state index contributed by atoms with van der Waals surface area (Å²) < 4.78 is 5.66. The van der Waals surface area contributed by atoms with Crippen LogP contribution in [0.25, 0.3) is 0 Å². The second-order valence-corrected chi connectivity index (χ2v) is 6.59. The minimum Gasteiger partial charge on any atom is -0.493 e. The van der Waals surface area contributed by atoms with Crippen molar-refractivity contribution in [2.75, 3.05) is 23.4 Å². The Morgan fingerprint density at radius 2 is 2.00 bits per heavy atom. The van der Waals surface area contributed by atoms with Crippen LogP contribution in [0.15, 0.2) is 42.5 Å². The lowest BCUT2D eigenvalue weighted by Crippen LogP contribution is -2.23. The monoisotopic (exact) mass is 352 g/mol. The quantitative estimate of drug-likeness (QED) is 0.859. The molecule has 0 atom stereocenters. The number of benzene rings is 2. The van der Waals surface area contributed by atoms with Crippen LogP contribution < -0.4 is 15.0 Å². The number of aryl methyl sites for hydroxylation is 2. The Morgan fingerprint density at radius 3 is 2.73 bits per heavy atom. The molecule has 0 aliphatic carbocycles. The van der Waals surface area contributed by atoms with Crippen molar-refractivity contribution in [2.24, 2.45) is 0 Å². The molecular formula is C21H24N2O3. The standard InChI is InChI=1S/C21H24N2O3/c1-15-8-9-19(13-16(15)2)26-12-10-20(24)22-17-5-3-6-18(14-17)23-11-4-7-21(23)25/h3,5-6,8-9,13-14H,4,7,10-12H2,1-2H3,(H,22,24). The third-order valence-corrected chi connectivity index (χ3v) is 4.59. The Bertz CT molecular complexity index is 817. The fourth-order valence-electron chi connectivity index (χ4n) is 2.96. The lowest BCUT2D eigenvalue weighted by Gasteiger charge is -2.16. The van der Waals surface area contributed by atoms with Gasteiger partial charge < -0.3 is 15.0 Å². The highest BCUT2D eigenvalue weighted by Gasteiger charge is 2.21. The number of hydrogen-bond donors (Lipinski definition) is 1. The van der Waals surface area contributed by atoms with E-state index < -0.39 is 0 Å². The van der Waals surface area contributed by atoms with Gasteiger partial charge in [0.25, 0.3) is 0 Å². The molecule has 2 aromatic carbocycles. The molecule has 0 bridgehead atoms. The molecule has 1 N–H and O–H groups in total. The molecule has 1 aliphatic heterocycles. The summed E-state index contributed by atoms with van der Waals surface area (Å²) in [5.74, 6) is 0.796. The third kappa shape index (κ3) is 4.42. The first kappa shape index (κ1) is 18.0. The highest BCUT2D eigenvalue weighted by atomic mass is 16.5. The van der Waals surface area contributed by atoms with Gasteiger partial charge in [0.1, 0.15) is 5.75 Å². The third-order valence-electron chi connectivity index (χ3n) is 4.59. The van der Waals surface area contributed by atoms with Crippen molar-refractivity contribution >= 4 is 23.2 Å². The zero-order chi connectivity index (χ0) is 18.5. The summed E-state index contributed by atoms with van der Waals surface area (Å²) in [7, 11) is 0. The van der Waals surface area contributed by atoms with Gasteiger partial charge in [-0.25, -0.2) is 0 Å². The number of amides is 2. The molecule has 1 fully saturated rings. The molecule has 1 aliphatic rings. The Kier molecular flexibility index (Phi) is 5.56. The van der Waals surface area contributed by atoms with Gasteiger partial charge in [-0.3, -0.25) is 9.59 Å². The molecule has 0 radical (unpaired) electrons. The topological polar surface area (TPSA) is 58.6 Å². The van der Waals surface area contributed by atoms with E-state index in [4.69, 9.17) is 4.74 Å². The van der Waals surface area contributed by atoms with Gasteiger partial charge in [-0.2, -0.15) is 0 Å². The molecular weight excluding hydrogens is 328 g/mol. The van der Waals surface area contributed by atoms with Crippen LogP contribution in [-0.2, 0) is 9.59 Å². The molecule has 0 unspecified atom stereocenters. The highest BCUT2D eigenvalue weighted by Crippen LogP contribution is 2.24. The van der Waals surface area contributed by atoms with Crippen LogP contribution in [0.2, 0.25) is 0 Å². The predicted octanol–water partition coefficient (Wildman–Crippen LogP) is 3.84. The van der Waals surface area contributed by atoms with Crippen LogP contribution in [0.3, 0.4) is 0 Å². The molecule has 136 valence electrons. The zero-order valence-electron chi connectivity index (χ0n) is 15.2. The fourth-order valence-corrected chi connectivity index (χ4v) is 2.96. The Balaban J connectivity index is 1.51. The molecule has 26 heavy (non-hydrogen) atoms. The number of nitrogens with zero attached hydrogens (tertiary/aromatic N) is 1. The minimum absolute atomic E-state index is 0.112. The van der Waals surface area contributed by atoms with Gasteiger partial charge in [0.2, 0.25) is 11.8 Å². The molecule has 0 spiro atoms. The lowest BCUT2D eigenvalue weighted by molar-refractivity contribution is -0.117. The molecule has 3 rings (SSSR count). The zero-order valence-corrected chi connectivity index (χ0v) is 15.2. The average Bonchev–Trinajstić information content (AvgIpc) is 3.04. The van der Waals surface area contributed by atoms with E-state index in [2.05, 4.69) is 12.2 Å². The van der Waals surface area contributed by atoms with Gasteiger partial charge in [-0.05, 0) is 61.7 Å². The summed E-state index contributed by atoms with van der Waals surface area (Å²) in [6, 6.07) is 13.3. The lowest BCUT2D eigenvalue weighted by atomic mass is 10.1. The summed E-state index contributed by atoms with van der Waals surface area (Å²) in [6.07, 6.45) is 1.73. The maximum Gasteiger partial charge on any atom is 0.227 e. The van der Waals surface area contributed by atoms with Crippen molar-refractivity contribution in [3.8, 4) is 5.75 Å². The molecule has 2 aromatic rings. The van der Waals surface area contributed by atoms with Gasteiger partial charge in [0, 0.05) is 24.3 Å². The second kappa shape index (κ2) is 8.04. The highest BCUT2D eigenvalue weighted by molar-refractivity contribution is 5.97. The molecule has 2 amide bonds. The smallest absolute Gasteiger partial charge is 0.227 e. The van der Waals surface area contributed by atoms with E-state index in [9.17, 15) is 9.59 Å². The number of carbonyl (C=O) groups excluding carboxylic acids is 2. The number of nitrogens with one attached hydrogen (secondary N) is 1. The second-order valence-electron chi connectivity index (χ2n) is 6.59. The summed E-state index contributed by atoms with van der Waals surface area (Å²) in [5.41, 5.74) is 3.90. The van der Waals surface area contributed by atoms with Crippen LogP contribution in [0.4, 0.5) is 11.4 Å². The van der Waals surface area contributed by atoms with E-state index in [1.54, 1.807) is 4.90 Å². The van der Waals surface area contributed by atoms with E-state index in [1.165, 1.54) is 11.1 Å². The number of rotatable bonds is 6. The molecule has 0 aromatic heterocycles. The number of hydrogen-bond acceptors (Lipinski definition) is 3. The van der Waals surface area contributed by atoms with Crippen LogP contribution in [0, 0.1) is 13.8 Å². The normalized spacial score (nSPS) is 13.8. The van der Waals surface area contributed by atoms with E-state index in [-0.39, 0.29) is 18.2 Å². The van der Waals surface area contributed by atoms with Gasteiger partial charge in [-0.1, -0.05) is 12.1 Å². The number of anilines is 2. The van der Waals surface area contributed by atoms with Crippen LogP contribution >= 0.6 is 0 Å². The molecule has 1 heterocycles. The first-order chi connectivity index (χ1) is 12.5. The van der Waals surface area contributed by atoms with E-state index >= 15 is 0 Å². The van der Waals surface area contributed by atoms with Crippen molar-refractivity contribution < 1.29 is 14.3 Å². The summed E-state index contributed by atoms with van der Waals surface area (Å²) in [4.78, 5) is 25.8. The first-order valence-corrected chi connectivity index (χ1v) is 8.93. The minimum atomic E-state index is -0.112. The van der Waals surface area contributed by atoms with Crippen molar-refractivity contribution in [3.05, 3.63) is 53.6 Å². The Hall–Kier alpha value is -2.82. The van der Waals surface area contributed by atoms with Crippen molar-refractivity contribution in [2.45, 2.75) is 33.1 Å². The average molecular weight is 352 g/mol. The molecule has 1 saturated heterocycles. The van der Waals surface area contributed by atoms with E-state index in [0.717, 1.165) is 24.4 Å². The van der Waals surface area contributed by atoms with Crippen molar-refractivity contribution in [1.82, 2.24) is 0 Å². The number of carbonyl (C=O) groups is 2. The maximum absolute atomic E-state index is 12.1. The molecule has 5 heteroatoms. The van der Waals surface area contributed by atoms with Crippen LogP contribution in [0.5, 0.6) is 5.75 Å². The molecule has 5 nitrogen and oxygen atoms in total. The van der Waals surface area contributed by atoms with E-state index in [1.807, 2.05) is 49.4 Å². The van der Waals surface area contributed by atoms with Gasteiger partial charge in [0.15, 0.2) is 0 Å². The van der Waals surface area contributed by atoms with Gasteiger partial charge >= 0.3 is 0 Å². The Labute approximate surface area is 154 Å².